The maximum atomic E-state index is 13.7. The van der Waals surface area contributed by atoms with Gasteiger partial charge in [-0.1, -0.05) is 23.7 Å². The first-order valence-corrected chi connectivity index (χ1v) is 12.2. The highest BCUT2D eigenvalue weighted by Gasteiger charge is 2.60. The number of aromatic nitrogens is 2. The minimum atomic E-state index is -1.84. The Balaban J connectivity index is 1.36. The Kier molecular flexibility index (Phi) is 6.70. The quantitative estimate of drug-likeness (QED) is 0.320. The molecule has 38 heavy (non-hydrogen) atoms. The van der Waals surface area contributed by atoms with Crippen LogP contribution >= 0.6 is 11.6 Å². The second kappa shape index (κ2) is 9.97. The van der Waals surface area contributed by atoms with Crippen LogP contribution in [0, 0.1) is 5.92 Å². The third-order valence-electron chi connectivity index (χ3n) is 6.62. The minimum Gasteiger partial charge on any atom is -0.507 e. The van der Waals surface area contributed by atoms with E-state index in [2.05, 4.69) is 15.1 Å². The molecule has 2 aromatic heterocycles. The minimum absolute atomic E-state index is 0.0328. The Labute approximate surface area is 222 Å². The van der Waals surface area contributed by atoms with Gasteiger partial charge in [0.05, 0.1) is 26.1 Å². The van der Waals surface area contributed by atoms with E-state index >= 15 is 0 Å². The molecule has 1 aliphatic carbocycles. The third-order valence-corrected chi connectivity index (χ3v) is 6.98. The van der Waals surface area contributed by atoms with Gasteiger partial charge < -0.3 is 28.3 Å². The molecule has 2 atom stereocenters. The topological polar surface area (TPSA) is 146 Å². The van der Waals surface area contributed by atoms with E-state index in [4.69, 9.17) is 34.8 Å². The molecule has 2 aliphatic rings. The van der Waals surface area contributed by atoms with Gasteiger partial charge in [-0.05, 0) is 18.6 Å². The molecular weight excluding hydrogens is 518 g/mol. The Hall–Kier alpha value is -4.12. The summed E-state index contributed by atoms with van der Waals surface area (Å²) in [6.07, 6.45) is 3.73. The molecule has 1 aliphatic heterocycles. The van der Waals surface area contributed by atoms with Gasteiger partial charge in [0.25, 0.3) is 0 Å². The van der Waals surface area contributed by atoms with E-state index in [9.17, 15) is 14.7 Å². The summed E-state index contributed by atoms with van der Waals surface area (Å²) < 4.78 is 27.2. The van der Waals surface area contributed by atoms with Crippen LogP contribution in [0.2, 0.25) is 5.02 Å². The smallest absolute Gasteiger partial charge is 0.238 e. The number of hydrogen-bond donors (Lipinski definition) is 1. The molecule has 0 amide bonds. The summed E-state index contributed by atoms with van der Waals surface area (Å²) in [5.74, 6) is -0.364. The second-order valence-electron chi connectivity index (χ2n) is 8.88. The van der Waals surface area contributed by atoms with E-state index in [1.54, 1.807) is 19.1 Å². The molecule has 0 fully saturated rings. The fourth-order valence-corrected chi connectivity index (χ4v) is 4.92. The molecule has 0 unspecified atom stereocenters. The zero-order valence-corrected chi connectivity index (χ0v) is 21.6. The van der Waals surface area contributed by atoms with Gasteiger partial charge in [0.2, 0.25) is 23.1 Å². The number of rotatable bonds is 8. The number of benzene rings is 1. The number of aliphatic hydroxyl groups is 1. The van der Waals surface area contributed by atoms with Crippen LogP contribution < -0.4 is 14.2 Å². The first-order valence-electron chi connectivity index (χ1n) is 11.8. The van der Waals surface area contributed by atoms with E-state index in [0.29, 0.717) is 36.9 Å². The lowest BCUT2D eigenvalue weighted by Gasteiger charge is -2.36. The van der Waals surface area contributed by atoms with Crippen molar-refractivity contribution in [1.29, 1.82) is 0 Å². The molecule has 3 heterocycles. The highest BCUT2D eigenvalue weighted by Crippen LogP contribution is 2.54. The number of aliphatic hydroxyl groups excluding tert-OH is 1. The average Bonchev–Trinajstić information content (AvgIpc) is 3.65. The zero-order valence-electron chi connectivity index (χ0n) is 20.8. The van der Waals surface area contributed by atoms with Crippen molar-refractivity contribution in [2.75, 3.05) is 20.8 Å². The predicted molar refractivity (Wildman–Crippen MR) is 134 cm³/mol. The molecule has 0 saturated carbocycles. The normalized spacial score (nSPS) is 20.9. The molecular formula is C26H24ClN3O8. The lowest BCUT2D eigenvalue weighted by atomic mass is 9.73. The first kappa shape index (κ1) is 25.5. The van der Waals surface area contributed by atoms with Crippen LogP contribution in [-0.2, 0) is 11.2 Å². The fraction of sp³-hybridized carbons (Fsp3) is 0.346. The monoisotopic (exact) mass is 541 g/mol. The second-order valence-corrected chi connectivity index (χ2v) is 9.26. The molecule has 0 saturated heterocycles. The molecule has 0 radical (unpaired) electrons. The Morgan fingerprint density at radius 3 is 2.79 bits per heavy atom. The molecule has 1 N–H and O–H groups in total. The summed E-state index contributed by atoms with van der Waals surface area (Å²) >= 11 is 6.44. The maximum Gasteiger partial charge on any atom is 0.238 e. The predicted octanol–water partition coefficient (Wildman–Crippen LogP) is 4.44. The summed E-state index contributed by atoms with van der Waals surface area (Å²) in [4.78, 5) is 35.1. The van der Waals surface area contributed by atoms with Crippen LogP contribution in [0.1, 0.15) is 36.0 Å². The average molecular weight is 542 g/mol. The molecule has 1 spiro atoms. The number of hydrogen-bond acceptors (Lipinski definition) is 11. The number of ketones is 2. The highest BCUT2D eigenvalue weighted by molar-refractivity contribution is 6.35. The number of carbonyl (C=O) groups excluding carboxylic acids is 2. The van der Waals surface area contributed by atoms with Crippen molar-refractivity contribution in [2.45, 2.75) is 31.8 Å². The van der Waals surface area contributed by atoms with Crippen molar-refractivity contribution < 1.29 is 37.8 Å². The highest BCUT2D eigenvalue weighted by atomic mass is 35.5. The molecule has 12 heteroatoms. The van der Waals surface area contributed by atoms with Gasteiger partial charge in [0, 0.05) is 37.6 Å². The van der Waals surface area contributed by atoms with Gasteiger partial charge in [-0.25, -0.2) is 0 Å². The van der Waals surface area contributed by atoms with Crippen molar-refractivity contribution in [3.8, 4) is 28.8 Å². The fourth-order valence-electron chi connectivity index (χ4n) is 4.65. The van der Waals surface area contributed by atoms with Crippen LogP contribution in [0.25, 0.3) is 11.6 Å². The molecule has 11 nitrogen and oxygen atoms in total. The van der Waals surface area contributed by atoms with Gasteiger partial charge in [0.1, 0.15) is 22.1 Å². The maximum absolute atomic E-state index is 13.7. The van der Waals surface area contributed by atoms with Crippen LogP contribution in [0.5, 0.6) is 17.2 Å². The Bertz CT molecular complexity index is 1460. The summed E-state index contributed by atoms with van der Waals surface area (Å²) in [6.45, 7) is 1.96. The Morgan fingerprint density at radius 1 is 1.29 bits per heavy atom. The summed E-state index contributed by atoms with van der Waals surface area (Å²) in [7, 11) is 2.82. The van der Waals surface area contributed by atoms with E-state index in [1.165, 1.54) is 32.8 Å². The van der Waals surface area contributed by atoms with Crippen LogP contribution in [0.3, 0.4) is 0 Å². The van der Waals surface area contributed by atoms with Crippen molar-refractivity contribution in [3.63, 3.8) is 0 Å². The summed E-state index contributed by atoms with van der Waals surface area (Å²) in [5, 5.41) is 15.2. The molecule has 1 aromatic carbocycles. The molecule has 198 valence electrons. The zero-order chi connectivity index (χ0) is 27.0. The van der Waals surface area contributed by atoms with Crippen LogP contribution in [0.4, 0.5) is 0 Å². The number of methoxy groups -OCH3 is 2. The number of Topliss-reactive ketones (excluding diaryl/α,β-unsaturated/α-hetero) is 2. The number of aryl methyl sites for hydroxylation is 1. The van der Waals surface area contributed by atoms with Crippen molar-refractivity contribution in [1.82, 2.24) is 10.1 Å². The number of furan rings is 1. The van der Waals surface area contributed by atoms with E-state index < -0.39 is 23.1 Å². The van der Waals surface area contributed by atoms with E-state index in [-0.39, 0.29) is 45.6 Å². The largest absolute Gasteiger partial charge is 0.507 e. The SMILES string of the molecule is COc1cc(OC)c2c(c1Cl)O[C@]1(C2=O)C(O)=C(C=NCCCc2nc(-c3ccco3)no2)C(=O)C[C@H]1C. The number of halogens is 1. The summed E-state index contributed by atoms with van der Waals surface area (Å²) in [6, 6.07) is 4.93. The first-order chi connectivity index (χ1) is 18.3. The number of nitrogens with zero attached hydrogens (tertiary/aromatic N) is 3. The van der Waals surface area contributed by atoms with Crippen molar-refractivity contribution in [2.24, 2.45) is 10.9 Å². The van der Waals surface area contributed by atoms with Crippen molar-refractivity contribution >= 4 is 29.4 Å². The summed E-state index contributed by atoms with van der Waals surface area (Å²) in [5.41, 5.74) is -1.85. The van der Waals surface area contributed by atoms with Crippen molar-refractivity contribution in [3.05, 3.63) is 52.3 Å². The molecule has 0 bridgehead atoms. The number of fused-ring (bicyclic) bond motifs is 1. The van der Waals surface area contributed by atoms with Gasteiger partial charge in [-0.3, -0.25) is 14.6 Å². The number of ether oxygens (including phenoxy) is 3. The standard InChI is InChI=1S/C26H24ClN3O8/c1-13-10-15(31)14(12-28-8-4-7-19-29-25(30-38-19)16-6-5-9-36-16)23(32)26(13)24(33)20-17(34-2)11-18(35-3)21(27)22(20)37-26/h5-6,9,11-13,32H,4,7-8,10H2,1-3H3/t13-,26+/m1/s1. The Morgan fingerprint density at radius 2 is 2.08 bits per heavy atom. The van der Waals surface area contributed by atoms with Gasteiger partial charge in [-0.2, -0.15) is 4.98 Å². The number of carbonyl (C=O) groups is 2. The van der Waals surface area contributed by atoms with Gasteiger partial charge in [0.15, 0.2) is 23.1 Å². The van der Waals surface area contributed by atoms with Crippen LogP contribution in [0.15, 0.2) is 49.7 Å². The molecule has 5 rings (SSSR count). The number of allylic oxidation sites excluding steroid dienone is 1. The third kappa shape index (κ3) is 4.03. The number of aliphatic imine (C=N–C) groups is 1. The lowest BCUT2D eigenvalue weighted by Crippen LogP contribution is -2.52. The van der Waals surface area contributed by atoms with Gasteiger partial charge in [-0.15, -0.1) is 0 Å². The van der Waals surface area contributed by atoms with E-state index in [0.717, 1.165) is 0 Å². The van der Waals surface area contributed by atoms with E-state index in [1.807, 2.05) is 0 Å². The lowest BCUT2D eigenvalue weighted by molar-refractivity contribution is -0.118. The molecule has 3 aromatic rings. The van der Waals surface area contributed by atoms with Gasteiger partial charge >= 0.3 is 0 Å². The van der Waals surface area contributed by atoms with Crippen LogP contribution in [-0.4, -0.2) is 59.4 Å².